The first-order valence-electron chi connectivity index (χ1n) is 4.13. The topological polar surface area (TPSA) is 19.0 Å². The van der Waals surface area contributed by atoms with Crippen molar-refractivity contribution in [2.75, 3.05) is 0 Å². The summed E-state index contributed by atoms with van der Waals surface area (Å²) in [5.41, 5.74) is 2.80. The smallest absolute Gasteiger partial charge is 0.655 e. The Morgan fingerprint density at radius 1 is 1.17 bits per heavy atom. The maximum absolute atomic E-state index is 4.24. The normalized spacial score (nSPS) is 12.6. The number of aromatic nitrogens is 1. The first-order valence-corrected chi connectivity index (χ1v) is 4.13. The fraction of sp³-hybridized carbons (Fsp3) is 0.556. The van der Waals surface area contributed by atoms with Crippen molar-refractivity contribution in [1.82, 2.24) is 4.57 Å². The zero-order valence-electron chi connectivity index (χ0n) is 8.46. The van der Waals surface area contributed by atoms with Gasteiger partial charge in [0.2, 0.25) is 0 Å². The van der Waals surface area contributed by atoms with E-state index in [1.54, 1.807) is 0 Å². The number of hydrogen-bond acceptors (Lipinski definition) is 0. The van der Waals surface area contributed by atoms with Crippen LogP contribution in [0.5, 0.6) is 0 Å². The van der Waals surface area contributed by atoms with Crippen LogP contribution in [0.15, 0.2) is 12.4 Å². The predicted octanol–water partition coefficient (Wildman–Crippen LogP) is -0.557. The number of hydrogen-bond donors (Lipinski definition) is 0. The molecule has 0 radical (unpaired) electrons. The van der Waals surface area contributed by atoms with E-state index in [1.807, 2.05) is 13.8 Å². The van der Waals surface area contributed by atoms with Gasteiger partial charge in [-0.15, -0.1) is 13.1 Å². The van der Waals surface area contributed by atoms with E-state index in [4.69, 9.17) is 0 Å². The van der Waals surface area contributed by atoms with E-state index in [2.05, 4.69) is 29.3 Å². The standard InChI is InChI=1S/C7H9N2.C2H6.K/c1-9-4-6-2-8-3-7(6)5-9;1-2;/h4-5H,2-3H2,1H3;1-2H3;/q-1;;+1. The summed E-state index contributed by atoms with van der Waals surface area (Å²) in [6.07, 6.45) is 4.29. The van der Waals surface area contributed by atoms with Gasteiger partial charge in [0, 0.05) is 19.4 Å². The van der Waals surface area contributed by atoms with Crippen LogP contribution >= 0.6 is 0 Å². The quantitative estimate of drug-likeness (QED) is 0.489. The summed E-state index contributed by atoms with van der Waals surface area (Å²) in [4.78, 5) is 0. The Morgan fingerprint density at radius 2 is 1.58 bits per heavy atom. The molecule has 0 unspecified atom stereocenters. The van der Waals surface area contributed by atoms with Crippen LogP contribution in [0.1, 0.15) is 25.0 Å². The first kappa shape index (κ1) is 12.9. The Balaban J connectivity index is 0.000000378. The van der Waals surface area contributed by atoms with E-state index in [1.165, 1.54) is 11.1 Å². The predicted molar refractivity (Wildman–Crippen MR) is 47.5 cm³/mol. The van der Waals surface area contributed by atoms with Gasteiger partial charge in [-0.2, -0.15) is 0 Å². The van der Waals surface area contributed by atoms with E-state index in [0.717, 1.165) is 13.1 Å². The minimum absolute atomic E-state index is 0. The Labute approximate surface area is 117 Å². The second kappa shape index (κ2) is 6.35. The van der Waals surface area contributed by atoms with Gasteiger partial charge in [-0.1, -0.05) is 13.8 Å². The molecule has 0 spiro atoms. The summed E-state index contributed by atoms with van der Waals surface area (Å²) in [6, 6.07) is 0. The van der Waals surface area contributed by atoms with Gasteiger partial charge in [-0.05, 0) is 11.1 Å². The van der Waals surface area contributed by atoms with E-state index in [9.17, 15) is 0 Å². The second-order valence-electron chi connectivity index (χ2n) is 2.51. The van der Waals surface area contributed by atoms with Crippen molar-refractivity contribution in [2.45, 2.75) is 26.9 Å². The molecular weight excluding hydrogens is 175 g/mol. The molecule has 1 aromatic heterocycles. The number of rotatable bonds is 0. The van der Waals surface area contributed by atoms with Gasteiger partial charge >= 0.3 is 51.4 Å². The van der Waals surface area contributed by atoms with Crippen LogP contribution in [-0.4, -0.2) is 4.57 Å². The Morgan fingerprint density at radius 3 is 2.00 bits per heavy atom. The molecule has 2 nitrogen and oxygen atoms in total. The summed E-state index contributed by atoms with van der Waals surface area (Å²) in [5, 5.41) is 4.24. The minimum Gasteiger partial charge on any atom is -0.655 e. The zero-order valence-corrected chi connectivity index (χ0v) is 11.6. The van der Waals surface area contributed by atoms with E-state index < -0.39 is 0 Å². The summed E-state index contributed by atoms with van der Waals surface area (Å²) in [7, 11) is 2.05. The molecule has 2 rings (SSSR count). The van der Waals surface area contributed by atoms with Gasteiger partial charge in [-0.3, -0.25) is 0 Å². The van der Waals surface area contributed by atoms with Gasteiger partial charge in [-0.25, -0.2) is 0 Å². The van der Waals surface area contributed by atoms with Crippen LogP contribution in [0.25, 0.3) is 5.32 Å². The molecule has 62 valence electrons. The molecule has 0 fully saturated rings. The number of nitrogens with zero attached hydrogens (tertiary/aromatic N) is 2. The summed E-state index contributed by atoms with van der Waals surface area (Å²) >= 11 is 0. The number of aryl methyl sites for hydroxylation is 1. The molecule has 0 aromatic carbocycles. The van der Waals surface area contributed by atoms with Crippen LogP contribution in [0.3, 0.4) is 0 Å². The third kappa shape index (κ3) is 2.98. The Kier molecular flexibility index (Phi) is 6.81. The Hall–Kier alpha value is 0.876. The molecule has 0 saturated heterocycles. The van der Waals surface area contributed by atoms with Crippen LogP contribution in [-0.2, 0) is 20.1 Å². The fourth-order valence-electron chi connectivity index (χ4n) is 1.28. The van der Waals surface area contributed by atoms with Gasteiger partial charge in [0.25, 0.3) is 0 Å². The molecule has 0 bridgehead atoms. The molecule has 1 aliphatic rings. The largest absolute Gasteiger partial charge is 1.00 e. The molecule has 1 aromatic rings. The van der Waals surface area contributed by atoms with Gasteiger partial charge in [0.05, 0.1) is 0 Å². The van der Waals surface area contributed by atoms with Crippen molar-refractivity contribution in [3.05, 3.63) is 28.8 Å². The fourth-order valence-corrected chi connectivity index (χ4v) is 1.28. The second-order valence-corrected chi connectivity index (χ2v) is 2.51. The minimum atomic E-state index is 0. The van der Waals surface area contributed by atoms with Crippen molar-refractivity contribution in [2.24, 2.45) is 7.05 Å². The van der Waals surface area contributed by atoms with Gasteiger partial charge < -0.3 is 9.88 Å². The van der Waals surface area contributed by atoms with Crippen LogP contribution in [0.4, 0.5) is 0 Å². The average molecular weight is 190 g/mol. The Bertz CT molecular complexity index is 209. The molecule has 0 aliphatic carbocycles. The van der Waals surface area contributed by atoms with Crippen LogP contribution in [0, 0.1) is 0 Å². The molecule has 0 saturated carbocycles. The molecule has 0 amide bonds. The molecule has 1 aliphatic heterocycles. The third-order valence-electron chi connectivity index (χ3n) is 1.70. The maximum atomic E-state index is 4.24. The van der Waals surface area contributed by atoms with Crippen LogP contribution in [0.2, 0.25) is 0 Å². The van der Waals surface area contributed by atoms with Crippen molar-refractivity contribution >= 4 is 0 Å². The average Bonchev–Trinajstić information content (AvgIpc) is 2.51. The van der Waals surface area contributed by atoms with Gasteiger partial charge in [0.1, 0.15) is 0 Å². The molecular formula is C9H15KN2. The molecule has 0 atom stereocenters. The summed E-state index contributed by atoms with van der Waals surface area (Å²) in [5.74, 6) is 0. The van der Waals surface area contributed by atoms with Crippen LogP contribution < -0.4 is 51.4 Å². The van der Waals surface area contributed by atoms with Crippen molar-refractivity contribution in [3.63, 3.8) is 0 Å². The maximum Gasteiger partial charge on any atom is 1.00 e. The number of fused-ring (bicyclic) bond motifs is 1. The molecule has 2 heterocycles. The summed E-state index contributed by atoms with van der Waals surface area (Å²) < 4.78 is 2.10. The third-order valence-corrected chi connectivity index (χ3v) is 1.70. The van der Waals surface area contributed by atoms with E-state index in [-0.39, 0.29) is 51.4 Å². The summed E-state index contributed by atoms with van der Waals surface area (Å²) in [6.45, 7) is 5.85. The SMILES string of the molecule is CC.Cn1cc2c(c1)C[N-]C2.[K+]. The molecule has 3 heteroatoms. The van der Waals surface area contributed by atoms with Gasteiger partial charge in [0.15, 0.2) is 0 Å². The van der Waals surface area contributed by atoms with E-state index >= 15 is 0 Å². The van der Waals surface area contributed by atoms with Crippen molar-refractivity contribution in [1.29, 1.82) is 0 Å². The van der Waals surface area contributed by atoms with E-state index in [0.29, 0.717) is 0 Å². The van der Waals surface area contributed by atoms with Crippen molar-refractivity contribution in [3.8, 4) is 0 Å². The van der Waals surface area contributed by atoms with Crippen molar-refractivity contribution < 1.29 is 51.4 Å². The monoisotopic (exact) mass is 190 g/mol. The zero-order chi connectivity index (χ0) is 8.27. The molecule has 0 N–H and O–H groups in total. The first-order chi connectivity index (χ1) is 5.36. The molecule has 12 heavy (non-hydrogen) atoms.